The van der Waals surface area contributed by atoms with Gasteiger partial charge in [-0.15, -0.1) is 17.4 Å². The molecule has 3 nitrogen and oxygen atoms in total. The average molecular weight is 167 g/mol. The molecule has 0 aromatic carbocycles. The van der Waals surface area contributed by atoms with E-state index in [1.807, 2.05) is 6.92 Å². The first-order valence-electron chi connectivity index (χ1n) is 3.23. The van der Waals surface area contributed by atoms with Crippen LogP contribution in [-0.4, -0.2) is 9.59 Å². The van der Waals surface area contributed by atoms with Crippen LogP contribution in [0.4, 0.5) is 0 Å². The summed E-state index contributed by atoms with van der Waals surface area (Å²) >= 11 is 1.32. The summed E-state index contributed by atoms with van der Waals surface area (Å²) in [6.45, 7) is 1.88. The van der Waals surface area contributed by atoms with Gasteiger partial charge in [0.15, 0.2) is 0 Å². The number of aromatic nitrogens is 2. The predicted octanol–water partition coefficient (Wildman–Crippen LogP) is 0.870. The molecule has 0 spiro atoms. The van der Waals surface area contributed by atoms with Crippen molar-refractivity contribution in [1.82, 2.24) is 9.59 Å². The second kappa shape index (κ2) is 3.46. The van der Waals surface area contributed by atoms with Crippen molar-refractivity contribution >= 4 is 11.5 Å². The van der Waals surface area contributed by atoms with Crippen LogP contribution in [0.3, 0.4) is 0 Å². The van der Waals surface area contributed by atoms with Gasteiger partial charge in [0.2, 0.25) is 0 Å². The van der Waals surface area contributed by atoms with Gasteiger partial charge in [-0.05, 0) is 18.5 Å². The minimum atomic E-state index is -0.0972. The Morgan fingerprint density at radius 3 is 3.00 bits per heavy atom. The van der Waals surface area contributed by atoms with E-state index >= 15 is 0 Å². The third-order valence-corrected chi connectivity index (χ3v) is 2.32. The SMILES string of the molecule is C#CCC(N)c1snnc1C. The molecule has 58 valence electrons. The van der Waals surface area contributed by atoms with Gasteiger partial charge in [0.05, 0.1) is 16.6 Å². The van der Waals surface area contributed by atoms with Crippen LogP contribution in [0.15, 0.2) is 0 Å². The van der Waals surface area contributed by atoms with Gasteiger partial charge in [-0.3, -0.25) is 0 Å². The molecule has 0 aliphatic rings. The normalized spacial score (nSPS) is 12.5. The maximum Gasteiger partial charge on any atom is 0.0773 e. The van der Waals surface area contributed by atoms with E-state index in [9.17, 15) is 0 Å². The third-order valence-electron chi connectivity index (χ3n) is 1.36. The third kappa shape index (κ3) is 1.76. The van der Waals surface area contributed by atoms with E-state index in [2.05, 4.69) is 15.5 Å². The molecule has 0 aliphatic carbocycles. The highest BCUT2D eigenvalue weighted by Crippen LogP contribution is 2.19. The van der Waals surface area contributed by atoms with Crippen LogP contribution >= 0.6 is 11.5 Å². The number of hydrogen-bond acceptors (Lipinski definition) is 4. The molecule has 0 radical (unpaired) electrons. The lowest BCUT2D eigenvalue weighted by molar-refractivity contribution is 0.761. The van der Waals surface area contributed by atoms with Crippen LogP contribution in [-0.2, 0) is 0 Å². The highest BCUT2D eigenvalue weighted by atomic mass is 32.1. The topological polar surface area (TPSA) is 51.8 Å². The van der Waals surface area contributed by atoms with E-state index in [1.54, 1.807) is 0 Å². The fraction of sp³-hybridized carbons (Fsp3) is 0.429. The van der Waals surface area contributed by atoms with E-state index in [-0.39, 0.29) is 6.04 Å². The highest BCUT2D eigenvalue weighted by molar-refractivity contribution is 7.05. The summed E-state index contributed by atoms with van der Waals surface area (Å²) in [5.41, 5.74) is 6.63. The van der Waals surface area contributed by atoms with Gasteiger partial charge in [0.25, 0.3) is 0 Å². The average Bonchev–Trinajstić information content (AvgIpc) is 2.36. The zero-order valence-corrected chi connectivity index (χ0v) is 7.06. The summed E-state index contributed by atoms with van der Waals surface area (Å²) < 4.78 is 3.77. The Bertz CT molecular complexity index is 273. The molecule has 1 unspecified atom stereocenters. The Morgan fingerprint density at radius 2 is 2.55 bits per heavy atom. The van der Waals surface area contributed by atoms with E-state index in [4.69, 9.17) is 12.2 Å². The molecule has 0 bridgehead atoms. The smallest absolute Gasteiger partial charge is 0.0773 e. The molecule has 11 heavy (non-hydrogen) atoms. The molecule has 2 N–H and O–H groups in total. The van der Waals surface area contributed by atoms with Crippen LogP contribution in [0.25, 0.3) is 0 Å². The van der Waals surface area contributed by atoms with Crippen LogP contribution in [0, 0.1) is 19.3 Å². The van der Waals surface area contributed by atoms with E-state index in [1.165, 1.54) is 11.5 Å². The van der Waals surface area contributed by atoms with Gasteiger partial charge in [-0.1, -0.05) is 4.49 Å². The van der Waals surface area contributed by atoms with Crippen LogP contribution in [0.5, 0.6) is 0 Å². The summed E-state index contributed by atoms with van der Waals surface area (Å²) in [5, 5.41) is 3.84. The Balaban J connectivity index is 2.77. The van der Waals surface area contributed by atoms with Gasteiger partial charge < -0.3 is 5.73 Å². The number of hydrogen-bond donors (Lipinski definition) is 1. The first-order valence-corrected chi connectivity index (χ1v) is 4.01. The number of terminal acetylenes is 1. The van der Waals surface area contributed by atoms with Gasteiger partial charge in [0, 0.05) is 6.42 Å². The van der Waals surface area contributed by atoms with Crippen LogP contribution in [0.1, 0.15) is 23.0 Å². The molecule has 1 rings (SSSR count). The van der Waals surface area contributed by atoms with Gasteiger partial charge >= 0.3 is 0 Å². The molecule has 0 saturated carbocycles. The molecular weight excluding hydrogens is 158 g/mol. The zero-order valence-electron chi connectivity index (χ0n) is 6.24. The second-order valence-electron chi connectivity index (χ2n) is 2.24. The lowest BCUT2D eigenvalue weighted by Gasteiger charge is -2.03. The standard InChI is InChI=1S/C7H9N3S/c1-3-4-6(8)7-5(2)9-10-11-7/h1,6H,4,8H2,2H3. The lowest BCUT2D eigenvalue weighted by atomic mass is 10.2. The summed E-state index contributed by atoms with van der Waals surface area (Å²) in [4.78, 5) is 0.989. The molecule has 4 heteroatoms. The predicted molar refractivity (Wildman–Crippen MR) is 45.0 cm³/mol. The monoisotopic (exact) mass is 167 g/mol. The number of rotatable bonds is 2. The van der Waals surface area contributed by atoms with Gasteiger partial charge in [-0.2, -0.15) is 0 Å². The molecule has 0 fully saturated rings. The van der Waals surface area contributed by atoms with Crippen LogP contribution in [0.2, 0.25) is 0 Å². The van der Waals surface area contributed by atoms with Crippen molar-refractivity contribution < 1.29 is 0 Å². The summed E-state index contributed by atoms with van der Waals surface area (Å²) in [5.74, 6) is 2.51. The molecule has 1 heterocycles. The minimum Gasteiger partial charge on any atom is -0.322 e. The molecule has 1 aromatic heterocycles. The fourth-order valence-corrected chi connectivity index (χ4v) is 1.44. The van der Waals surface area contributed by atoms with E-state index in [0.717, 1.165) is 10.6 Å². The number of nitrogens with zero attached hydrogens (tertiary/aromatic N) is 2. The summed E-state index contributed by atoms with van der Waals surface area (Å²) in [6.07, 6.45) is 5.67. The first-order chi connectivity index (χ1) is 5.25. The number of aryl methyl sites for hydroxylation is 1. The molecule has 0 aliphatic heterocycles. The van der Waals surface area contributed by atoms with Crippen molar-refractivity contribution in [3.63, 3.8) is 0 Å². The van der Waals surface area contributed by atoms with E-state index < -0.39 is 0 Å². The fourth-order valence-electron chi connectivity index (χ4n) is 0.797. The van der Waals surface area contributed by atoms with E-state index in [0.29, 0.717) is 6.42 Å². The van der Waals surface area contributed by atoms with Crippen molar-refractivity contribution in [2.75, 3.05) is 0 Å². The van der Waals surface area contributed by atoms with Crippen molar-refractivity contribution in [1.29, 1.82) is 0 Å². The molecular formula is C7H9N3S. The minimum absolute atomic E-state index is 0.0972. The summed E-state index contributed by atoms with van der Waals surface area (Å²) in [6, 6.07) is -0.0972. The molecule has 1 aromatic rings. The zero-order chi connectivity index (χ0) is 8.27. The van der Waals surface area contributed by atoms with Gasteiger partial charge in [0.1, 0.15) is 0 Å². The molecule has 0 amide bonds. The second-order valence-corrected chi connectivity index (χ2v) is 3.02. The highest BCUT2D eigenvalue weighted by Gasteiger charge is 2.10. The van der Waals surface area contributed by atoms with Crippen molar-refractivity contribution in [2.45, 2.75) is 19.4 Å². The Kier molecular flexibility index (Phi) is 2.58. The van der Waals surface area contributed by atoms with Crippen LogP contribution < -0.4 is 5.73 Å². The lowest BCUT2D eigenvalue weighted by Crippen LogP contribution is -2.08. The molecule has 1 atom stereocenters. The Morgan fingerprint density at radius 1 is 1.82 bits per heavy atom. The summed E-state index contributed by atoms with van der Waals surface area (Å²) in [7, 11) is 0. The Labute approximate surface area is 69.8 Å². The molecule has 0 saturated heterocycles. The van der Waals surface area contributed by atoms with Crippen molar-refractivity contribution in [3.05, 3.63) is 10.6 Å². The maximum atomic E-state index is 5.74. The van der Waals surface area contributed by atoms with Crippen molar-refractivity contribution in [2.24, 2.45) is 5.73 Å². The largest absolute Gasteiger partial charge is 0.322 e. The quantitative estimate of drug-likeness (QED) is 0.665. The maximum absolute atomic E-state index is 5.74. The number of nitrogens with two attached hydrogens (primary N) is 1. The first kappa shape index (κ1) is 8.18. The van der Waals surface area contributed by atoms with Gasteiger partial charge in [-0.25, -0.2) is 0 Å². The Hall–Kier alpha value is -0.920. The van der Waals surface area contributed by atoms with Crippen molar-refractivity contribution in [3.8, 4) is 12.3 Å².